The first kappa shape index (κ1) is 21.8. The van der Waals surface area contributed by atoms with E-state index in [1.54, 1.807) is 12.1 Å². The average Bonchev–Trinajstić information content (AvgIpc) is 3.26. The summed E-state index contributed by atoms with van der Waals surface area (Å²) < 4.78 is 40.5. The van der Waals surface area contributed by atoms with Crippen molar-refractivity contribution in [2.45, 2.75) is 6.43 Å². The van der Waals surface area contributed by atoms with Gasteiger partial charge in [-0.15, -0.1) is 0 Å². The molecule has 13 heteroatoms. The predicted octanol–water partition coefficient (Wildman–Crippen LogP) is 3.05. The van der Waals surface area contributed by atoms with E-state index in [9.17, 15) is 8.78 Å². The maximum absolute atomic E-state index is 14.0. The number of ether oxygens (including phenoxy) is 2. The van der Waals surface area contributed by atoms with E-state index in [1.807, 2.05) is 11.0 Å². The highest BCUT2D eigenvalue weighted by Gasteiger charge is 2.25. The van der Waals surface area contributed by atoms with Gasteiger partial charge in [-0.1, -0.05) is 6.07 Å². The Labute approximate surface area is 200 Å². The van der Waals surface area contributed by atoms with Crippen LogP contribution in [0.15, 0.2) is 30.6 Å². The van der Waals surface area contributed by atoms with E-state index in [0.717, 1.165) is 3.57 Å². The van der Waals surface area contributed by atoms with Crippen molar-refractivity contribution in [3.63, 3.8) is 0 Å². The van der Waals surface area contributed by atoms with Crippen molar-refractivity contribution >= 4 is 39.6 Å². The molecule has 170 valence electrons. The van der Waals surface area contributed by atoms with Gasteiger partial charge in [-0.2, -0.15) is 15.0 Å². The Kier molecular flexibility index (Phi) is 5.97. The lowest BCUT2D eigenvalue weighted by atomic mass is 10.3. The van der Waals surface area contributed by atoms with Crippen LogP contribution in [0.5, 0.6) is 6.01 Å². The number of fused-ring (bicyclic) bond motifs is 1. The number of anilines is 1. The van der Waals surface area contributed by atoms with Crippen molar-refractivity contribution in [3.05, 3.63) is 40.0 Å². The molecule has 4 aromatic rings. The third kappa shape index (κ3) is 4.17. The molecular weight excluding hydrogens is 549 g/mol. The highest BCUT2D eigenvalue weighted by Crippen LogP contribution is 2.30. The van der Waals surface area contributed by atoms with Crippen molar-refractivity contribution in [2.75, 3.05) is 38.3 Å². The molecule has 3 aromatic heterocycles. The Balaban J connectivity index is 1.73. The lowest BCUT2D eigenvalue weighted by Gasteiger charge is -2.27. The molecule has 1 aromatic carbocycles. The molecular formula is C20H17F2IN8O2. The fourth-order valence-electron chi connectivity index (χ4n) is 3.46. The lowest BCUT2D eigenvalue weighted by molar-refractivity contribution is 0.122. The predicted molar refractivity (Wildman–Crippen MR) is 123 cm³/mol. The first-order valence-corrected chi connectivity index (χ1v) is 11.0. The van der Waals surface area contributed by atoms with Crippen molar-refractivity contribution in [1.82, 2.24) is 34.5 Å². The minimum absolute atomic E-state index is 0.0390. The van der Waals surface area contributed by atoms with Gasteiger partial charge in [0.05, 0.1) is 31.4 Å². The van der Waals surface area contributed by atoms with E-state index in [1.165, 1.54) is 24.1 Å². The molecule has 33 heavy (non-hydrogen) atoms. The topological polar surface area (TPSA) is 104 Å². The number of morpholine rings is 1. The Morgan fingerprint density at radius 1 is 1.03 bits per heavy atom. The van der Waals surface area contributed by atoms with Crippen LogP contribution in [0.25, 0.3) is 28.4 Å². The minimum Gasteiger partial charge on any atom is -0.467 e. The third-order valence-electron chi connectivity index (χ3n) is 5.03. The number of hydrogen-bond donors (Lipinski definition) is 0. The second-order valence-corrected chi connectivity index (χ2v) is 8.19. The Morgan fingerprint density at radius 2 is 1.76 bits per heavy atom. The van der Waals surface area contributed by atoms with E-state index in [0.29, 0.717) is 48.8 Å². The molecule has 0 spiro atoms. The van der Waals surface area contributed by atoms with Crippen LogP contribution in [-0.4, -0.2) is 67.9 Å². The Morgan fingerprint density at radius 3 is 2.45 bits per heavy atom. The van der Waals surface area contributed by atoms with Crippen LogP contribution in [0.1, 0.15) is 12.2 Å². The number of aromatic nitrogens is 7. The van der Waals surface area contributed by atoms with Crippen LogP contribution in [-0.2, 0) is 4.74 Å². The van der Waals surface area contributed by atoms with Crippen LogP contribution in [0.2, 0.25) is 0 Å². The normalized spacial score (nSPS) is 14.3. The van der Waals surface area contributed by atoms with Crippen LogP contribution in [0, 0.1) is 3.57 Å². The minimum atomic E-state index is -2.83. The summed E-state index contributed by atoms with van der Waals surface area (Å²) in [6.07, 6.45) is 0.193. The van der Waals surface area contributed by atoms with Gasteiger partial charge in [0.1, 0.15) is 5.52 Å². The number of para-hydroxylation sites is 1. The van der Waals surface area contributed by atoms with Crippen LogP contribution in [0.4, 0.5) is 14.7 Å². The van der Waals surface area contributed by atoms with Gasteiger partial charge >= 0.3 is 6.01 Å². The molecule has 5 rings (SSSR count). The zero-order valence-corrected chi connectivity index (χ0v) is 19.5. The zero-order chi connectivity index (χ0) is 22.9. The van der Waals surface area contributed by atoms with Crippen molar-refractivity contribution < 1.29 is 18.3 Å². The summed E-state index contributed by atoms with van der Waals surface area (Å²) in [6.45, 7) is 2.14. The maximum Gasteiger partial charge on any atom is 0.316 e. The second-order valence-electron chi connectivity index (χ2n) is 7.03. The summed E-state index contributed by atoms with van der Waals surface area (Å²) in [5.41, 5.74) is 1.43. The molecule has 0 atom stereocenters. The van der Waals surface area contributed by atoms with E-state index in [2.05, 4.69) is 52.5 Å². The van der Waals surface area contributed by atoms with Gasteiger partial charge in [0.2, 0.25) is 11.9 Å². The van der Waals surface area contributed by atoms with Gasteiger partial charge in [-0.25, -0.2) is 23.7 Å². The maximum atomic E-state index is 14.0. The second kappa shape index (κ2) is 9.05. The standard InChI is InChI=1S/C20H17F2IN8O2/c1-32-20-24-9-11(10-25-20)16-27-18(30-5-7-33-8-6-30)29-19(28-16)31-13-4-2-3-12(23)14(13)26-17(31)15(21)22/h2-4,9-10,15H,5-8H2,1H3. The van der Waals surface area contributed by atoms with Crippen LogP contribution in [0.3, 0.4) is 0 Å². The fourth-order valence-corrected chi connectivity index (χ4v) is 4.07. The summed E-state index contributed by atoms with van der Waals surface area (Å²) in [6, 6.07) is 5.49. The molecule has 1 aliphatic heterocycles. The summed E-state index contributed by atoms with van der Waals surface area (Å²) in [7, 11) is 1.46. The SMILES string of the molecule is COc1ncc(-c2nc(N3CCOCC3)nc(-n3c(C(F)F)nc4c(I)cccc43)n2)cn1. The summed E-state index contributed by atoms with van der Waals surface area (Å²) in [5, 5.41) is 0. The number of imidazole rings is 1. The number of nitrogens with zero attached hydrogens (tertiary/aromatic N) is 8. The fraction of sp³-hybridized carbons (Fsp3) is 0.300. The molecule has 1 saturated heterocycles. The molecule has 10 nitrogen and oxygen atoms in total. The number of halogens is 3. The molecule has 1 aliphatic rings. The van der Waals surface area contributed by atoms with E-state index in [4.69, 9.17) is 9.47 Å². The smallest absolute Gasteiger partial charge is 0.316 e. The number of rotatable bonds is 5. The molecule has 4 heterocycles. The van der Waals surface area contributed by atoms with E-state index >= 15 is 0 Å². The molecule has 1 fully saturated rings. The molecule has 0 amide bonds. The van der Waals surface area contributed by atoms with Crippen LogP contribution < -0.4 is 9.64 Å². The monoisotopic (exact) mass is 566 g/mol. The molecule has 0 bridgehead atoms. The van der Waals surface area contributed by atoms with Gasteiger partial charge < -0.3 is 14.4 Å². The van der Waals surface area contributed by atoms with E-state index < -0.39 is 12.2 Å². The van der Waals surface area contributed by atoms with Gasteiger partial charge in [0.15, 0.2) is 11.6 Å². The van der Waals surface area contributed by atoms with Gasteiger partial charge in [0.25, 0.3) is 6.43 Å². The number of benzene rings is 1. The Hall–Kier alpha value is -3.07. The van der Waals surface area contributed by atoms with Gasteiger partial charge in [-0.3, -0.25) is 4.57 Å². The number of methoxy groups -OCH3 is 1. The molecule has 0 unspecified atom stereocenters. The third-order valence-corrected chi connectivity index (χ3v) is 5.90. The highest BCUT2D eigenvalue weighted by atomic mass is 127. The van der Waals surface area contributed by atoms with Gasteiger partial charge in [0, 0.05) is 29.1 Å². The van der Waals surface area contributed by atoms with E-state index in [-0.39, 0.29) is 17.8 Å². The molecule has 0 saturated carbocycles. The first-order chi connectivity index (χ1) is 16.0. The largest absolute Gasteiger partial charge is 0.467 e. The molecule has 0 aliphatic carbocycles. The zero-order valence-electron chi connectivity index (χ0n) is 17.3. The first-order valence-electron chi connectivity index (χ1n) is 9.95. The molecule has 0 N–H and O–H groups in total. The quantitative estimate of drug-likeness (QED) is 0.337. The van der Waals surface area contributed by atoms with Gasteiger partial charge in [-0.05, 0) is 34.7 Å². The summed E-state index contributed by atoms with van der Waals surface area (Å²) >= 11 is 2.07. The number of alkyl halides is 2. The average molecular weight is 566 g/mol. The lowest BCUT2D eigenvalue weighted by Crippen LogP contribution is -2.37. The van der Waals surface area contributed by atoms with Crippen LogP contribution >= 0.6 is 22.6 Å². The summed E-state index contributed by atoms with van der Waals surface area (Å²) in [5.74, 6) is 0.195. The highest BCUT2D eigenvalue weighted by molar-refractivity contribution is 14.1. The summed E-state index contributed by atoms with van der Waals surface area (Å²) in [4.78, 5) is 28.0. The Bertz CT molecular complexity index is 1300. The van der Waals surface area contributed by atoms with Crippen molar-refractivity contribution in [3.8, 4) is 23.3 Å². The van der Waals surface area contributed by atoms with Crippen molar-refractivity contribution in [1.29, 1.82) is 0 Å². The number of hydrogen-bond acceptors (Lipinski definition) is 9. The molecule has 0 radical (unpaired) electrons. The van der Waals surface area contributed by atoms with Crippen molar-refractivity contribution in [2.24, 2.45) is 0 Å².